The first-order valence-electron chi connectivity index (χ1n) is 6.43. The van der Waals surface area contributed by atoms with Crippen molar-refractivity contribution >= 4 is 11.8 Å². The Labute approximate surface area is 136 Å². The van der Waals surface area contributed by atoms with Gasteiger partial charge >= 0.3 is 6.18 Å². The lowest BCUT2D eigenvalue weighted by Crippen LogP contribution is -2.04. The van der Waals surface area contributed by atoms with Gasteiger partial charge < -0.3 is 0 Å². The van der Waals surface area contributed by atoms with Gasteiger partial charge in [-0.25, -0.2) is 4.98 Å². The molecule has 0 atom stereocenters. The highest BCUT2D eigenvalue weighted by Crippen LogP contribution is 2.32. The number of halogens is 5. The van der Waals surface area contributed by atoms with Gasteiger partial charge in [0.1, 0.15) is 15.7 Å². The average molecular weight is 358 g/mol. The minimum atomic E-state index is -4.52. The normalized spacial score (nSPS) is 11.7. The summed E-state index contributed by atoms with van der Waals surface area (Å²) in [5, 5.41) is 5.81. The molecule has 1 N–H and O–H groups in total. The SMILES string of the molecule is Fc1ccc(-c2cccc(Sc3cc(C(F)(F)F)[nH]n3)n2)c(F)n1. The van der Waals surface area contributed by atoms with E-state index in [0.29, 0.717) is 5.03 Å². The van der Waals surface area contributed by atoms with Crippen molar-refractivity contribution in [3.63, 3.8) is 0 Å². The van der Waals surface area contributed by atoms with Crippen LogP contribution in [0, 0.1) is 11.9 Å². The third kappa shape index (κ3) is 3.53. The number of nitrogens with zero attached hydrogens (tertiary/aromatic N) is 3. The molecule has 3 heterocycles. The molecule has 0 aliphatic rings. The number of alkyl halides is 3. The maximum absolute atomic E-state index is 13.7. The van der Waals surface area contributed by atoms with Crippen molar-refractivity contribution in [2.45, 2.75) is 16.2 Å². The summed E-state index contributed by atoms with van der Waals surface area (Å²) in [4.78, 5) is 7.20. The van der Waals surface area contributed by atoms with Gasteiger partial charge in [0.15, 0.2) is 0 Å². The molecule has 3 aromatic heterocycles. The lowest BCUT2D eigenvalue weighted by molar-refractivity contribution is -0.141. The van der Waals surface area contributed by atoms with Crippen molar-refractivity contribution in [2.75, 3.05) is 0 Å². The maximum atomic E-state index is 13.7. The van der Waals surface area contributed by atoms with E-state index in [1.54, 1.807) is 6.07 Å². The van der Waals surface area contributed by atoms with Crippen LogP contribution in [0.15, 0.2) is 46.5 Å². The van der Waals surface area contributed by atoms with Gasteiger partial charge in [-0.3, -0.25) is 5.10 Å². The van der Waals surface area contributed by atoms with E-state index >= 15 is 0 Å². The fourth-order valence-electron chi connectivity index (χ4n) is 1.83. The molecule has 3 aromatic rings. The van der Waals surface area contributed by atoms with Gasteiger partial charge in [-0.05, 0) is 36.0 Å². The van der Waals surface area contributed by atoms with Gasteiger partial charge in [0.25, 0.3) is 0 Å². The molecule has 4 nitrogen and oxygen atoms in total. The number of pyridine rings is 2. The van der Waals surface area contributed by atoms with Crippen molar-refractivity contribution in [3.05, 3.63) is 54.0 Å². The molecule has 0 aliphatic carbocycles. The summed E-state index contributed by atoms with van der Waals surface area (Å²) in [7, 11) is 0. The quantitative estimate of drug-likeness (QED) is 0.560. The average Bonchev–Trinajstić information content (AvgIpc) is 2.96. The maximum Gasteiger partial charge on any atom is 0.432 e. The molecule has 0 spiro atoms. The number of rotatable bonds is 3. The number of hydrogen-bond acceptors (Lipinski definition) is 4. The first kappa shape index (κ1) is 16.4. The Kier molecular flexibility index (Phi) is 4.22. The fourth-order valence-corrected chi connectivity index (χ4v) is 2.61. The molecule has 124 valence electrons. The summed E-state index contributed by atoms with van der Waals surface area (Å²) >= 11 is 0.872. The number of aromatic amines is 1. The minimum Gasteiger partial charge on any atom is -0.272 e. The van der Waals surface area contributed by atoms with Gasteiger partial charge in [0, 0.05) is 6.07 Å². The van der Waals surface area contributed by atoms with Crippen LogP contribution in [-0.4, -0.2) is 20.2 Å². The lowest BCUT2D eigenvalue weighted by Gasteiger charge is -2.04. The van der Waals surface area contributed by atoms with Crippen LogP contribution in [0.4, 0.5) is 22.0 Å². The Bertz CT molecular complexity index is 878. The van der Waals surface area contributed by atoms with Gasteiger partial charge in [0.2, 0.25) is 11.9 Å². The van der Waals surface area contributed by atoms with Crippen LogP contribution >= 0.6 is 11.8 Å². The zero-order valence-corrected chi connectivity index (χ0v) is 12.4. The zero-order valence-electron chi connectivity index (χ0n) is 11.6. The second kappa shape index (κ2) is 6.19. The van der Waals surface area contributed by atoms with Crippen LogP contribution in [0.25, 0.3) is 11.3 Å². The van der Waals surface area contributed by atoms with E-state index in [9.17, 15) is 22.0 Å². The Morgan fingerprint density at radius 2 is 1.75 bits per heavy atom. The van der Waals surface area contributed by atoms with E-state index < -0.39 is 23.8 Å². The summed E-state index contributed by atoms with van der Waals surface area (Å²) in [5.41, 5.74) is -0.816. The smallest absolute Gasteiger partial charge is 0.272 e. The van der Waals surface area contributed by atoms with Crippen molar-refractivity contribution in [1.82, 2.24) is 20.2 Å². The Morgan fingerprint density at radius 1 is 0.958 bits per heavy atom. The van der Waals surface area contributed by atoms with E-state index in [0.717, 1.165) is 23.9 Å². The molecule has 3 rings (SSSR count). The molecule has 0 saturated heterocycles. The molecule has 0 amide bonds. The number of hydrogen-bond donors (Lipinski definition) is 1. The third-order valence-corrected chi connectivity index (χ3v) is 3.74. The Morgan fingerprint density at radius 3 is 2.42 bits per heavy atom. The standard InChI is InChI=1S/C14H7F5N4S/c15-10-5-4-7(13(16)21-10)8-2-1-3-11(20-8)24-12-6-9(22-23-12)14(17,18)19/h1-6H,(H,22,23). The number of H-pyrrole nitrogens is 1. The van der Waals surface area contributed by atoms with Crippen molar-refractivity contribution in [2.24, 2.45) is 0 Å². The summed E-state index contributed by atoms with van der Waals surface area (Å²) in [6, 6.07) is 7.58. The predicted molar refractivity (Wildman–Crippen MR) is 75.1 cm³/mol. The summed E-state index contributed by atoms with van der Waals surface area (Å²) in [6.45, 7) is 0. The van der Waals surface area contributed by atoms with Crippen molar-refractivity contribution < 1.29 is 22.0 Å². The van der Waals surface area contributed by atoms with Gasteiger partial charge in [-0.1, -0.05) is 6.07 Å². The first-order chi connectivity index (χ1) is 11.3. The molecule has 0 aromatic carbocycles. The molecular formula is C14H7F5N4S. The van der Waals surface area contributed by atoms with Crippen LogP contribution in [0.2, 0.25) is 0 Å². The number of aromatic nitrogens is 4. The van der Waals surface area contributed by atoms with E-state index in [-0.39, 0.29) is 16.3 Å². The van der Waals surface area contributed by atoms with Crippen LogP contribution < -0.4 is 0 Å². The minimum absolute atomic E-state index is 0.0168. The Balaban J connectivity index is 1.87. The lowest BCUT2D eigenvalue weighted by atomic mass is 10.2. The monoisotopic (exact) mass is 358 g/mol. The van der Waals surface area contributed by atoms with Crippen LogP contribution in [0.3, 0.4) is 0 Å². The molecule has 0 unspecified atom stereocenters. The first-order valence-corrected chi connectivity index (χ1v) is 7.24. The predicted octanol–water partition coefficient (Wildman–Crippen LogP) is 4.31. The summed E-state index contributed by atoms with van der Waals surface area (Å²) in [6.07, 6.45) is -4.52. The molecule has 0 aliphatic heterocycles. The highest BCUT2D eigenvalue weighted by atomic mass is 32.2. The van der Waals surface area contributed by atoms with Crippen LogP contribution in [-0.2, 0) is 6.18 Å². The second-order valence-corrected chi connectivity index (χ2v) is 5.59. The molecule has 0 radical (unpaired) electrons. The molecule has 0 fully saturated rings. The molecule has 0 bridgehead atoms. The molecular weight excluding hydrogens is 351 g/mol. The fraction of sp³-hybridized carbons (Fsp3) is 0.0714. The van der Waals surface area contributed by atoms with Crippen molar-refractivity contribution in [1.29, 1.82) is 0 Å². The van der Waals surface area contributed by atoms with E-state index in [1.807, 2.05) is 5.10 Å². The van der Waals surface area contributed by atoms with E-state index in [1.165, 1.54) is 18.2 Å². The summed E-state index contributed by atoms with van der Waals surface area (Å²) < 4.78 is 64.1. The molecule has 10 heteroatoms. The van der Waals surface area contributed by atoms with Gasteiger partial charge in [-0.2, -0.15) is 32.0 Å². The second-order valence-electron chi connectivity index (χ2n) is 4.55. The largest absolute Gasteiger partial charge is 0.432 e. The van der Waals surface area contributed by atoms with E-state index in [2.05, 4.69) is 15.1 Å². The highest BCUT2D eigenvalue weighted by Gasteiger charge is 2.33. The Hall–Kier alpha value is -2.49. The van der Waals surface area contributed by atoms with Gasteiger partial charge in [0.05, 0.1) is 11.3 Å². The van der Waals surface area contributed by atoms with Gasteiger partial charge in [-0.15, -0.1) is 0 Å². The third-order valence-electron chi connectivity index (χ3n) is 2.88. The highest BCUT2D eigenvalue weighted by molar-refractivity contribution is 7.99. The van der Waals surface area contributed by atoms with Crippen LogP contribution in [0.1, 0.15) is 5.69 Å². The van der Waals surface area contributed by atoms with Crippen LogP contribution in [0.5, 0.6) is 0 Å². The van der Waals surface area contributed by atoms with E-state index in [4.69, 9.17) is 0 Å². The number of nitrogens with one attached hydrogen (secondary N) is 1. The zero-order chi connectivity index (χ0) is 17.3. The van der Waals surface area contributed by atoms with Crippen molar-refractivity contribution in [3.8, 4) is 11.3 Å². The topological polar surface area (TPSA) is 54.5 Å². The molecule has 0 saturated carbocycles. The summed E-state index contributed by atoms with van der Waals surface area (Å²) in [5.74, 6) is -1.98. The molecule has 24 heavy (non-hydrogen) atoms.